The summed E-state index contributed by atoms with van der Waals surface area (Å²) < 4.78 is 0. The molecule has 1 saturated heterocycles. The van der Waals surface area contributed by atoms with Crippen LogP contribution in [0.25, 0.3) is 0 Å². The Morgan fingerprint density at radius 2 is 2.00 bits per heavy atom. The van der Waals surface area contributed by atoms with Crippen molar-refractivity contribution >= 4 is 29.1 Å². The first-order valence-electron chi connectivity index (χ1n) is 7.63. The fraction of sp³-hybridized carbons (Fsp3) is 0.562. The normalized spacial score (nSPS) is 22.1. The van der Waals surface area contributed by atoms with Gasteiger partial charge in [-0.05, 0) is 49.9 Å². The van der Waals surface area contributed by atoms with Gasteiger partial charge in [0.1, 0.15) is 0 Å². The van der Waals surface area contributed by atoms with E-state index in [9.17, 15) is 4.79 Å². The van der Waals surface area contributed by atoms with E-state index < -0.39 is 0 Å². The van der Waals surface area contributed by atoms with Crippen LogP contribution in [0.15, 0.2) is 18.2 Å². The van der Waals surface area contributed by atoms with Gasteiger partial charge in [0.25, 0.3) is 0 Å². The first-order valence-corrected chi connectivity index (χ1v) is 8.38. The van der Waals surface area contributed by atoms with Gasteiger partial charge in [-0.1, -0.05) is 35.7 Å². The number of amides is 1. The van der Waals surface area contributed by atoms with Crippen LogP contribution in [0.5, 0.6) is 0 Å². The Morgan fingerprint density at radius 3 is 2.62 bits per heavy atom. The molecule has 0 bridgehead atoms. The Morgan fingerprint density at radius 1 is 1.19 bits per heavy atom. The molecule has 0 radical (unpaired) electrons. The molecular weight excluding hydrogens is 307 g/mol. The largest absolute Gasteiger partial charge is 0.334 e. The van der Waals surface area contributed by atoms with Crippen molar-refractivity contribution in [3.05, 3.63) is 33.8 Å². The van der Waals surface area contributed by atoms with E-state index in [1.165, 1.54) is 6.42 Å². The number of hydrogen-bond donors (Lipinski definition) is 1. The Bertz CT molecular complexity index is 525. The quantitative estimate of drug-likeness (QED) is 0.916. The molecule has 114 valence electrons. The molecule has 1 N–H and O–H groups in total. The molecular formula is C16H20Cl2N2O. The summed E-state index contributed by atoms with van der Waals surface area (Å²) in [6.45, 7) is 1.57. The van der Waals surface area contributed by atoms with Gasteiger partial charge in [-0.25, -0.2) is 0 Å². The number of halogens is 2. The van der Waals surface area contributed by atoms with Crippen LogP contribution in [0.4, 0.5) is 0 Å². The summed E-state index contributed by atoms with van der Waals surface area (Å²) in [6.07, 6.45) is 5.47. The van der Waals surface area contributed by atoms with Crippen LogP contribution in [-0.4, -0.2) is 29.4 Å². The standard InChI is InChI=1S/C16H20Cl2N2O/c17-13-7-4-11(9-14(13)18)10-20(12-5-6-12)16(21)15-3-1-2-8-19-15/h4,7,9,12,15,19H,1-3,5-6,8,10H2/t15-/m0/s1. The average Bonchev–Trinajstić information content (AvgIpc) is 3.33. The highest BCUT2D eigenvalue weighted by Crippen LogP contribution is 2.31. The van der Waals surface area contributed by atoms with Crippen molar-refractivity contribution in [2.75, 3.05) is 6.54 Å². The number of hydrogen-bond acceptors (Lipinski definition) is 2. The zero-order chi connectivity index (χ0) is 14.8. The minimum Gasteiger partial charge on any atom is -0.334 e. The van der Waals surface area contributed by atoms with Gasteiger partial charge < -0.3 is 10.2 Å². The van der Waals surface area contributed by atoms with Crippen LogP contribution in [0.2, 0.25) is 10.0 Å². The molecule has 0 aromatic heterocycles. The molecule has 1 aromatic rings. The number of benzene rings is 1. The molecule has 1 amide bonds. The van der Waals surface area contributed by atoms with Gasteiger partial charge in [0, 0.05) is 12.6 Å². The SMILES string of the molecule is O=C([C@@H]1CCCCN1)N(Cc1ccc(Cl)c(Cl)c1)C1CC1. The lowest BCUT2D eigenvalue weighted by molar-refractivity contribution is -0.135. The van der Waals surface area contributed by atoms with Crippen LogP contribution in [0, 0.1) is 0 Å². The molecule has 21 heavy (non-hydrogen) atoms. The summed E-state index contributed by atoms with van der Waals surface area (Å²) >= 11 is 12.0. The lowest BCUT2D eigenvalue weighted by Gasteiger charge is -2.30. The molecule has 1 atom stereocenters. The van der Waals surface area contributed by atoms with E-state index in [4.69, 9.17) is 23.2 Å². The van der Waals surface area contributed by atoms with E-state index in [0.29, 0.717) is 22.6 Å². The van der Waals surface area contributed by atoms with E-state index in [1.807, 2.05) is 17.0 Å². The zero-order valence-electron chi connectivity index (χ0n) is 11.9. The van der Waals surface area contributed by atoms with Crippen LogP contribution in [0.3, 0.4) is 0 Å². The highest BCUT2D eigenvalue weighted by Gasteiger charge is 2.36. The summed E-state index contributed by atoms with van der Waals surface area (Å²) in [5.41, 5.74) is 1.04. The van der Waals surface area contributed by atoms with Gasteiger partial charge in [0.2, 0.25) is 5.91 Å². The maximum absolute atomic E-state index is 12.7. The van der Waals surface area contributed by atoms with Gasteiger partial charge in [0.05, 0.1) is 16.1 Å². The monoisotopic (exact) mass is 326 g/mol. The first-order chi connectivity index (χ1) is 10.1. The fourth-order valence-corrected chi connectivity index (χ4v) is 3.19. The molecule has 2 aliphatic rings. The second kappa shape index (κ2) is 6.55. The maximum atomic E-state index is 12.7. The molecule has 0 spiro atoms. The summed E-state index contributed by atoms with van der Waals surface area (Å²) in [5.74, 6) is 0.239. The molecule has 1 saturated carbocycles. The topological polar surface area (TPSA) is 32.3 Å². The van der Waals surface area contributed by atoms with Gasteiger partial charge in [0.15, 0.2) is 0 Å². The number of nitrogens with one attached hydrogen (secondary N) is 1. The van der Waals surface area contributed by atoms with Gasteiger partial charge in [-0.3, -0.25) is 4.79 Å². The van der Waals surface area contributed by atoms with Gasteiger partial charge in [-0.15, -0.1) is 0 Å². The molecule has 1 aromatic carbocycles. The van der Waals surface area contributed by atoms with Gasteiger partial charge in [-0.2, -0.15) is 0 Å². The minimum atomic E-state index is -0.0119. The Hall–Kier alpha value is -0.770. The molecule has 2 fully saturated rings. The molecule has 3 nitrogen and oxygen atoms in total. The predicted molar refractivity (Wildman–Crippen MR) is 85.7 cm³/mol. The lowest BCUT2D eigenvalue weighted by atomic mass is 10.0. The minimum absolute atomic E-state index is 0.0119. The lowest BCUT2D eigenvalue weighted by Crippen LogP contribution is -2.49. The van der Waals surface area contributed by atoms with Crippen molar-refractivity contribution in [2.24, 2.45) is 0 Å². The van der Waals surface area contributed by atoms with E-state index in [1.54, 1.807) is 6.07 Å². The van der Waals surface area contributed by atoms with E-state index >= 15 is 0 Å². The fourth-order valence-electron chi connectivity index (χ4n) is 2.87. The Balaban J connectivity index is 1.71. The van der Waals surface area contributed by atoms with Crippen LogP contribution in [-0.2, 0) is 11.3 Å². The summed E-state index contributed by atoms with van der Waals surface area (Å²) in [4.78, 5) is 14.8. The molecule has 1 aliphatic heterocycles. The van der Waals surface area contributed by atoms with Crippen LogP contribution in [0.1, 0.15) is 37.7 Å². The summed E-state index contributed by atoms with van der Waals surface area (Å²) in [5, 5.41) is 4.45. The molecule has 3 rings (SSSR count). The van der Waals surface area contributed by atoms with Crippen molar-refractivity contribution < 1.29 is 4.79 Å². The van der Waals surface area contributed by atoms with E-state index in [0.717, 1.165) is 37.8 Å². The van der Waals surface area contributed by atoms with E-state index in [2.05, 4.69) is 5.32 Å². The Labute approximate surface area is 135 Å². The third kappa shape index (κ3) is 3.71. The smallest absolute Gasteiger partial charge is 0.240 e. The third-order valence-corrected chi connectivity index (χ3v) is 4.96. The van der Waals surface area contributed by atoms with Crippen molar-refractivity contribution in [1.29, 1.82) is 0 Å². The highest BCUT2D eigenvalue weighted by atomic mass is 35.5. The van der Waals surface area contributed by atoms with Crippen molar-refractivity contribution in [1.82, 2.24) is 10.2 Å². The zero-order valence-corrected chi connectivity index (χ0v) is 13.5. The number of rotatable bonds is 4. The average molecular weight is 327 g/mol. The number of piperidine rings is 1. The number of carbonyl (C=O) groups is 1. The van der Waals surface area contributed by atoms with E-state index in [-0.39, 0.29) is 11.9 Å². The second-order valence-corrected chi connectivity index (χ2v) is 6.76. The van der Waals surface area contributed by atoms with Crippen LogP contribution >= 0.6 is 23.2 Å². The predicted octanol–water partition coefficient (Wildman–Crippen LogP) is 3.63. The molecule has 5 heteroatoms. The second-order valence-electron chi connectivity index (χ2n) is 5.95. The van der Waals surface area contributed by atoms with Crippen molar-refractivity contribution in [3.63, 3.8) is 0 Å². The molecule has 1 aliphatic carbocycles. The van der Waals surface area contributed by atoms with Crippen molar-refractivity contribution in [3.8, 4) is 0 Å². The molecule has 0 unspecified atom stereocenters. The van der Waals surface area contributed by atoms with Crippen molar-refractivity contribution in [2.45, 2.75) is 50.7 Å². The van der Waals surface area contributed by atoms with Crippen LogP contribution < -0.4 is 5.32 Å². The number of carbonyl (C=O) groups excluding carboxylic acids is 1. The first kappa shape index (κ1) is 15.1. The number of nitrogens with zero attached hydrogens (tertiary/aromatic N) is 1. The summed E-state index contributed by atoms with van der Waals surface area (Å²) in [7, 11) is 0. The summed E-state index contributed by atoms with van der Waals surface area (Å²) in [6, 6.07) is 6.00. The van der Waals surface area contributed by atoms with Gasteiger partial charge >= 0.3 is 0 Å². The highest BCUT2D eigenvalue weighted by molar-refractivity contribution is 6.42. The molecule has 1 heterocycles. The Kier molecular flexibility index (Phi) is 4.72. The third-order valence-electron chi connectivity index (χ3n) is 4.22. The maximum Gasteiger partial charge on any atom is 0.240 e.